The van der Waals surface area contributed by atoms with Crippen LogP contribution in [0.15, 0.2) is 42.7 Å². The Kier molecular flexibility index (Phi) is 4.18. The van der Waals surface area contributed by atoms with Gasteiger partial charge in [0.25, 0.3) is 5.91 Å². The van der Waals surface area contributed by atoms with Gasteiger partial charge >= 0.3 is 0 Å². The molecule has 0 saturated carbocycles. The number of aryl methyl sites for hydroxylation is 2. The molecule has 138 valence electrons. The van der Waals surface area contributed by atoms with Crippen molar-refractivity contribution in [3.8, 4) is 5.69 Å². The first-order valence-corrected chi connectivity index (χ1v) is 9.09. The molecule has 6 nitrogen and oxygen atoms in total. The molecule has 2 amide bonds. The maximum atomic E-state index is 12.8. The summed E-state index contributed by atoms with van der Waals surface area (Å²) in [6, 6.07) is 11.9. The Balaban J connectivity index is 1.68. The molecule has 0 spiro atoms. The summed E-state index contributed by atoms with van der Waals surface area (Å²) in [6.07, 6.45) is 1.79. The van der Waals surface area contributed by atoms with E-state index in [-0.39, 0.29) is 18.4 Å². The molecule has 1 saturated heterocycles. The second-order valence-corrected chi connectivity index (χ2v) is 7.00. The molecule has 0 unspecified atom stereocenters. The highest BCUT2D eigenvalue weighted by Gasteiger charge is 2.30. The number of rotatable bonds is 3. The summed E-state index contributed by atoms with van der Waals surface area (Å²) >= 11 is 0. The molecule has 2 heterocycles. The monoisotopic (exact) mass is 362 g/mol. The van der Waals surface area contributed by atoms with Crippen LogP contribution in [0.4, 0.5) is 0 Å². The molecule has 3 aromatic rings. The Labute approximate surface area is 158 Å². The van der Waals surface area contributed by atoms with Crippen LogP contribution in [0.5, 0.6) is 0 Å². The van der Waals surface area contributed by atoms with Crippen LogP contribution in [0.2, 0.25) is 0 Å². The summed E-state index contributed by atoms with van der Waals surface area (Å²) < 4.78 is 2.05. The SMILES string of the molecule is CCN1CN(C(=O)c2ccc3c(c2)ncn3-c2cc(C)ccc2C)CC1=O. The van der Waals surface area contributed by atoms with Crippen molar-refractivity contribution in [3.05, 3.63) is 59.4 Å². The summed E-state index contributed by atoms with van der Waals surface area (Å²) in [5, 5.41) is 0. The lowest BCUT2D eigenvalue weighted by molar-refractivity contribution is -0.126. The van der Waals surface area contributed by atoms with E-state index in [0.717, 1.165) is 22.3 Å². The van der Waals surface area contributed by atoms with Gasteiger partial charge in [-0.05, 0) is 56.2 Å². The van der Waals surface area contributed by atoms with E-state index in [1.165, 1.54) is 5.56 Å². The molecule has 1 aliphatic rings. The molecular weight excluding hydrogens is 340 g/mol. The first kappa shape index (κ1) is 17.3. The molecule has 0 bridgehead atoms. The van der Waals surface area contributed by atoms with Crippen molar-refractivity contribution < 1.29 is 9.59 Å². The minimum absolute atomic E-state index is 0.00821. The highest BCUT2D eigenvalue weighted by atomic mass is 16.2. The van der Waals surface area contributed by atoms with Gasteiger partial charge < -0.3 is 9.80 Å². The van der Waals surface area contributed by atoms with Crippen LogP contribution in [0.25, 0.3) is 16.7 Å². The van der Waals surface area contributed by atoms with Gasteiger partial charge in [0.1, 0.15) is 12.9 Å². The molecule has 1 aliphatic heterocycles. The molecule has 6 heteroatoms. The molecule has 1 fully saturated rings. The lowest BCUT2D eigenvalue weighted by Crippen LogP contribution is -2.31. The highest BCUT2D eigenvalue weighted by molar-refractivity contribution is 6.00. The van der Waals surface area contributed by atoms with Gasteiger partial charge in [0.2, 0.25) is 5.91 Å². The second kappa shape index (κ2) is 6.54. The first-order valence-electron chi connectivity index (χ1n) is 9.09. The fourth-order valence-electron chi connectivity index (χ4n) is 3.51. The van der Waals surface area contributed by atoms with E-state index < -0.39 is 0 Å². The molecule has 1 aromatic heterocycles. The van der Waals surface area contributed by atoms with Crippen molar-refractivity contribution in [2.24, 2.45) is 0 Å². The van der Waals surface area contributed by atoms with Crippen LogP contribution in [-0.2, 0) is 4.79 Å². The average Bonchev–Trinajstić information content (AvgIpc) is 3.25. The average molecular weight is 362 g/mol. The van der Waals surface area contributed by atoms with Crippen LogP contribution >= 0.6 is 0 Å². The van der Waals surface area contributed by atoms with Crippen molar-refractivity contribution in [1.82, 2.24) is 19.4 Å². The number of nitrogens with zero attached hydrogens (tertiary/aromatic N) is 4. The van der Waals surface area contributed by atoms with Gasteiger partial charge in [-0.15, -0.1) is 0 Å². The number of fused-ring (bicyclic) bond motifs is 1. The van der Waals surface area contributed by atoms with Crippen LogP contribution in [-0.4, -0.2) is 50.9 Å². The highest BCUT2D eigenvalue weighted by Crippen LogP contribution is 2.23. The van der Waals surface area contributed by atoms with Gasteiger partial charge in [-0.3, -0.25) is 14.2 Å². The fraction of sp³-hybridized carbons (Fsp3) is 0.286. The van der Waals surface area contributed by atoms with Crippen molar-refractivity contribution in [2.75, 3.05) is 19.8 Å². The lowest BCUT2D eigenvalue weighted by Gasteiger charge is -2.16. The van der Waals surface area contributed by atoms with Gasteiger partial charge in [-0.1, -0.05) is 12.1 Å². The summed E-state index contributed by atoms with van der Waals surface area (Å²) in [5.41, 5.74) is 5.70. The maximum absolute atomic E-state index is 12.8. The summed E-state index contributed by atoms with van der Waals surface area (Å²) in [7, 11) is 0. The Morgan fingerprint density at radius 3 is 2.70 bits per heavy atom. The Morgan fingerprint density at radius 2 is 1.96 bits per heavy atom. The van der Waals surface area contributed by atoms with Crippen LogP contribution in [0.1, 0.15) is 28.4 Å². The molecule has 0 atom stereocenters. The van der Waals surface area contributed by atoms with Gasteiger partial charge in [0.05, 0.1) is 23.4 Å². The third-order valence-corrected chi connectivity index (χ3v) is 5.11. The van der Waals surface area contributed by atoms with Crippen molar-refractivity contribution in [1.29, 1.82) is 0 Å². The molecule has 0 N–H and O–H groups in total. The number of likely N-dealkylation sites (N-methyl/N-ethyl adjacent to an activating group) is 1. The third-order valence-electron chi connectivity index (χ3n) is 5.11. The van der Waals surface area contributed by atoms with Gasteiger partial charge in [0.15, 0.2) is 0 Å². The predicted molar refractivity (Wildman–Crippen MR) is 104 cm³/mol. The zero-order valence-corrected chi connectivity index (χ0v) is 15.8. The zero-order chi connectivity index (χ0) is 19.1. The van der Waals surface area contributed by atoms with E-state index in [4.69, 9.17) is 0 Å². The smallest absolute Gasteiger partial charge is 0.255 e. The van der Waals surface area contributed by atoms with Crippen molar-refractivity contribution in [3.63, 3.8) is 0 Å². The number of carbonyl (C=O) groups is 2. The molecular formula is C21H22N4O2. The summed E-state index contributed by atoms with van der Waals surface area (Å²) in [4.78, 5) is 32.4. The molecule has 0 aliphatic carbocycles. The molecule has 4 rings (SSSR count). The van der Waals surface area contributed by atoms with Gasteiger partial charge in [0, 0.05) is 12.1 Å². The van der Waals surface area contributed by atoms with E-state index in [9.17, 15) is 9.59 Å². The number of hydrogen-bond acceptors (Lipinski definition) is 3. The van der Waals surface area contributed by atoms with Crippen LogP contribution < -0.4 is 0 Å². The number of amides is 2. The minimum Gasteiger partial charge on any atom is -0.324 e. The number of benzene rings is 2. The van der Waals surface area contributed by atoms with Crippen molar-refractivity contribution in [2.45, 2.75) is 20.8 Å². The first-order chi connectivity index (χ1) is 13.0. The summed E-state index contributed by atoms with van der Waals surface area (Å²) in [6.45, 7) is 7.16. The fourth-order valence-corrected chi connectivity index (χ4v) is 3.51. The topological polar surface area (TPSA) is 58.4 Å². The number of aromatic nitrogens is 2. The normalized spacial score (nSPS) is 14.4. The van der Waals surface area contributed by atoms with E-state index in [1.54, 1.807) is 22.2 Å². The minimum atomic E-state index is -0.137. The largest absolute Gasteiger partial charge is 0.324 e. The standard InChI is InChI=1S/C21H22N4O2/c1-4-23-13-24(11-20(23)26)21(27)16-7-8-18-17(10-16)22-12-25(18)19-9-14(2)5-6-15(19)3/h5-10,12H,4,11,13H2,1-3H3. The maximum Gasteiger partial charge on any atom is 0.255 e. The van der Waals surface area contributed by atoms with E-state index in [1.807, 2.05) is 23.6 Å². The zero-order valence-electron chi connectivity index (χ0n) is 15.8. The quantitative estimate of drug-likeness (QED) is 0.720. The molecule has 0 radical (unpaired) electrons. The Morgan fingerprint density at radius 1 is 1.15 bits per heavy atom. The van der Waals surface area contributed by atoms with E-state index in [0.29, 0.717) is 18.8 Å². The lowest BCUT2D eigenvalue weighted by atomic mass is 10.1. The molecule has 2 aromatic carbocycles. The van der Waals surface area contributed by atoms with E-state index >= 15 is 0 Å². The van der Waals surface area contributed by atoms with Crippen molar-refractivity contribution >= 4 is 22.8 Å². The Hall–Kier alpha value is -3.15. The van der Waals surface area contributed by atoms with E-state index in [2.05, 4.69) is 37.0 Å². The Bertz CT molecular complexity index is 1050. The summed E-state index contributed by atoms with van der Waals surface area (Å²) in [5.74, 6) is -0.145. The van der Waals surface area contributed by atoms with Crippen LogP contribution in [0.3, 0.4) is 0 Å². The predicted octanol–water partition coefficient (Wildman–Crippen LogP) is 2.90. The third kappa shape index (κ3) is 2.97. The number of hydrogen-bond donors (Lipinski definition) is 0. The number of carbonyl (C=O) groups excluding carboxylic acids is 2. The second-order valence-electron chi connectivity index (χ2n) is 7.00. The van der Waals surface area contributed by atoms with Gasteiger partial charge in [-0.2, -0.15) is 0 Å². The van der Waals surface area contributed by atoms with Crippen LogP contribution in [0, 0.1) is 13.8 Å². The van der Waals surface area contributed by atoms with Gasteiger partial charge in [-0.25, -0.2) is 4.98 Å². The molecule has 27 heavy (non-hydrogen) atoms. The number of imidazole rings is 1.